The van der Waals surface area contributed by atoms with Crippen LogP contribution in [0.5, 0.6) is 0 Å². The van der Waals surface area contributed by atoms with Crippen molar-refractivity contribution in [3.05, 3.63) is 93.5 Å². The molecule has 0 amide bonds. The van der Waals surface area contributed by atoms with Crippen LogP contribution in [0.3, 0.4) is 0 Å². The Labute approximate surface area is 267 Å². The molecule has 0 radical (unpaired) electrons. The summed E-state index contributed by atoms with van der Waals surface area (Å²) in [6, 6.07) is 20.5. The maximum absolute atomic E-state index is 11.4. The van der Waals surface area contributed by atoms with E-state index in [-0.39, 0.29) is 12.8 Å². The van der Waals surface area contributed by atoms with Crippen LogP contribution in [0.15, 0.2) is 82.2 Å². The first kappa shape index (κ1) is 32.4. The van der Waals surface area contributed by atoms with Crippen molar-refractivity contribution >= 4 is 65.3 Å². The Balaban J connectivity index is 1.51. The fourth-order valence-electron chi connectivity index (χ4n) is 5.17. The second kappa shape index (κ2) is 13.2. The lowest BCUT2D eigenvalue weighted by atomic mass is 10.0. The fraction of sp³-hybridized carbons (Fsp3) is 0.281. The van der Waals surface area contributed by atoms with Crippen LogP contribution >= 0.6 is 23.1 Å². The van der Waals surface area contributed by atoms with Gasteiger partial charge in [-0.25, -0.2) is 16.8 Å². The Morgan fingerprint density at radius 3 is 2.27 bits per heavy atom. The van der Waals surface area contributed by atoms with Gasteiger partial charge in [0.1, 0.15) is 4.70 Å². The lowest BCUT2D eigenvalue weighted by Crippen LogP contribution is -2.36. The van der Waals surface area contributed by atoms with Gasteiger partial charge in [0.2, 0.25) is 5.52 Å². The van der Waals surface area contributed by atoms with E-state index in [0.717, 1.165) is 58.7 Å². The summed E-state index contributed by atoms with van der Waals surface area (Å²) in [4.78, 5) is 3.11. The van der Waals surface area contributed by atoms with Crippen molar-refractivity contribution in [2.24, 2.45) is 0 Å². The highest BCUT2D eigenvalue weighted by molar-refractivity contribution is 8.03. The molecule has 0 bridgehead atoms. The molecule has 0 aliphatic carbocycles. The normalized spacial score (nSPS) is 15.0. The van der Waals surface area contributed by atoms with Gasteiger partial charge in [-0.15, -0.1) is 0 Å². The average molecular weight is 670 g/mol. The second-order valence-electron chi connectivity index (χ2n) is 10.9. The van der Waals surface area contributed by atoms with Gasteiger partial charge in [-0.05, 0) is 79.3 Å². The monoisotopic (exact) mass is 669 g/mol. The van der Waals surface area contributed by atoms with E-state index >= 15 is 0 Å². The third kappa shape index (κ3) is 7.98. The Morgan fingerprint density at radius 2 is 1.57 bits per heavy atom. The zero-order valence-corrected chi connectivity index (χ0v) is 27.9. The molecule has 0 unspecified atom stereocenters. The van der Waals surface area contributed by atoms with Gasteiger partial charge in [-0.1, -0.05) is 59.5 Å². The summed E-state index contributed by atoms with van der Waals surface area (Å²) in [7, 11) is -8.66. The Morgan fingerprint density at radius 1 is 0.886 bits per heavy atom. The third-order valence-corrected chi connectivity index (χ3v) is 11.2. The van der Waals surface area contributed by atoms with Gasteiger partial charge in [0.15, 0.2) is 6.54 Å². The van der Waals surface area contributed by atoms with E-state index in [1.165, 1.54) is 0 Å². The number of nitrogens with zero attached hydrogens (tertiary/aromatic N) is 2. The molecular weight excluding hydrogens is 637 g/mol. The molecule has 0 fully saturated rings. The molecule has 1 aliphatic heterocycles. The smallest absolute Gasteiger partial charge is 0.263 e. The fourth-order valence-corrected chi connectivity index (χ4v) is 8.60. The number of anilines is 1. The number of rotatable bonds is 11. The average Bonchev–Trinajstić information content (AvgIpc) is 3.44. The summed E-state index contributed by atoms with van der Waals surface area (Å²) in [6.07, 6.45) is 4.50. The van der Waals surface area contributed by atoms with E-state index in [2.05, 4.69) is 46.7 Å². The van der Waals surface area contributed by atoms with E-state index in [1.54, 1.807) is 23.1 Å². The topological polar surface area (TPSA) is 122 Å². The molecule has 5 rings (SSSR count). The highest BCUT2D eigenvalue weighted by Gasteiger charge is 2.26. The maximum atomic E-state index is 11.4. The zero-order chi connectivity index (χ0) is 31.6. The summed E-state index contributed by atoms with van der Waals surface area (Å²) in [5, 5.41) is 1.84. The van der Waals surface area contributed by atoms with Crippen molar-refractivity contribution in [2.75, 3.05) is 23.0 Å². The number of hydrogen-bond acceptors (Lipinski definition) is 9. The summed E-state index contributed by atoms with van der Waals surface area (Å²) < 4.78 is 71.1. The van der Waals surface area contributed by atoms with Crippen LogP contribution in [0, 0.1) is 13.8 Å². The summed E-state index contributed by atoms with van der Waals surface area (Å²) in [5.74, 6) is -0.869. The van der Waals surface area contributed by atoms with E-state index < -0.39 is 31.7 Å². The molecule has 3 aromatic carbocycles. The first-order valence-electron chi connectivity index (χ1n) is 14.1. The Bertz CT molecular complexity index is 1980. The molecule has 1 aromatic heterocycles. The lowest BCUT2D eigenvalue weighted by molar-refractivity contribution is -0.668. The predicted molar refractivity (Wildman–Crippen MR) is 177 cm³/mol. The Hall–Kier alpha value is -3.00. The van der Waals surface area contributed by atoms with E-state index in [1.807, 2.05) is 56.3 Å². The summed E-state index contributed by atoms with van der Waals surface area (Å²) in [5.41, 5.74) is 7.28. The van der Waals surface area contributed by atoms with Gasteiger partial charge in [-0.3, -0.25) is 0 Å². The third-order valence-electron chi connectivity index (χ3n) is 7.44. The van der Waals surface area contributed by atoms with Crippen LogP contribution in [0.25, 0.3) is 27.4 Å². The van der Waals surface area contributed by atoms with E-state index in [9.17, 15) is 25.9 Å². The van der Waals surface area contributed by atoms with E-state index in [4.69, 9.17) is 0 Å². The molecule has 2 heterocycles. The van der Waals surface area contributed by atoms with Gasteiger partial charge in [0.25, 0.3) is 5.01 Å². The van der Waals surface area contributed by atoms with Crippen molar-refractivity contribution in [1.29, 1.82) is 0 Å². The van der Waals surface area contributed by atoms with Gasteiger partial charge in [0.05, 0.1) is 31.0 Å². The quantitative estimate of drug-likeness (QED) is 0.137. The number of thiazole rings is 1. The van der Waals surface area contributed by atoms with Crippen LogP contribution in [0.4, 0.5) is 5.69 Å². The van der Waals surface area contributed by atoms with Crippen LogP contribution < -0.4 is 9.47 Å². The standard InChI is InChI=1S/C32H34N2O6S4/c1-22(18-32-33(13-7-15-43(35,36)37)27-19-23(2)24(3)20-30(27)42-32)17-31-34(14-8-16-44(38,39)40)28-21-26(11-12-29(28)41-31)25-9-5-4-6-10-25/h4-6,9-12,17-21H,7-8,13-16H2,1-3H3,(H-,35,36,37,38,39,40)/p-1. The van der Waals surface area contributed by atoms with Gasteiger partial charge >= 0.3 is 0 Å². The van der Waals surface area contributed by atoms with Gasteiger partial charge < -0.3 is 14.0 Å². The van der Waals surface area contributed by atoms with Gasteiger partial charge in [0, 0.05) is 41.5 Å². The van der Waals surface area contributed by atoms with E-state index in [0.29, 0.717) is 13.1 Å². The molecule has 0 N–H and O–H groups in total. The molecule has 12 heteroatoms. The molecule has 0 saturated heterocycles. The van der Waals surface area contributed by atoms with Gasteiger partial charge in [-0.2, -0.15) is 4.57 Å². The highest BCUT2D eigenvalue weighted by atomic mass is 32.2. The Kier molecular flexibility index (Phi) is 9.69. The number of thioether (sulfide) groups is 1. The van der Waals surface area contributed by atoms with Crippen molar-refractivity contribution in [1.82, 2.24) is 0 Å². The van der Waals surface area contributed by atoms with Crippen molar-refractivity contribution < 1.29 is 30.5 Å². The number of fused-ring (bicyclic) bond motifs is 2. The summed E-state index contributed by atoms with van der Waals surface area (Å²) in [6.45, 7) is 6.83. The van der Waals surface area contributed by atoms with Crippen molar-refractivity contribution in [3.8, 4) is 11.1 Å². The van der Waals surface area contributed by atoms with Crippen molar-refractivity contribution in [3.63, 3.8) is 0 Å². The summed E-state index contributed by atoms with van der Waals surface area (Å²) >= 11 is 3.19. The first-order valence-corrected chi connectivity index (χ1v) is 18.9. The molecule has 0 saturated carbocycles. The predicted octanol–water partition coefficient (Wildman–Crippen LogP) is 6.20. The number of benzene rings is 3. The number of allylic oxidation sites excluding steroid dienone is 2. The largest absolute Gasteiger partial charge is 0.748 e. The molecule has 4 aromatic rings. The molecule has 1 aliphatic rings. The number of hydrogen-bond donors (Lipinski definition) is 0. The van der Waals surface area contributed by atoms with Crippen LogP contribution in [-0.2, 0) is 26.8 Å². The molecule has 232 valence electrons. The number of aromatic nitrogens is 1. The minimum absolute atomic E-state index is 0.194. The molecular formula is C32H33N2O6S4-. The SMILES string of the molecule is CC(=Cc1sc2cc(C)c(C)cc2[n+]1CCCS(=O)(=O)[O-])C=C1Sc2ccc(-c3ccccc3)cc2N1CCCS(=O)(=O)[O-]. The zero-order valence-electron chi connectivity index (χ0n) is 24.6. The first-order chi connectivity index (χ1) is 20.8. The van der Waals surface area contributed by atoms with Crippen LogP contribution in [-0.4, -0.2) is 44.0 Å². The maximum Gasteiger partial charge on any atom is 0.263 e. The minimum atomic E-state index is -4.34. The molecule has 8 nitrogen and oxygen atoms in total. The minimum Gasteiger partial charge on any atom is -0.748 e. The van der Waals surface area contributed by atoms with Crippen molar-refractivity contribution in [2.45, 2.75) is 45.1 Å². The molecule has 0 atom stereocenters. The lowest BCUT2D eigenvalue weighted by Gasteiger charge is -2.21. The molecule has 0 spiro atoms. The number of aryl methyl sites for hydroxylation is 3. The molecule has 44 heavy (non-hydrogen) atoms. The highest BCUT2D eigenvalue weighted by Crippen LogP contribution is 2.48. The van der Waals surface area contributed by atoms with Crippen LogP contribution in [0.2, 0.25) is 0 Å². The van der Waals surface area contributed by atoms with Crippen LogP contribution in [0.1, 0.15) is 35.9 Å². The second-order valence-corrected chi connectivity index (χ2v) is 16.1.